The van der Waals surface area contributed by atoms with Gasteiger partial charge in [-0.05, 0) is 87.0 Å². The second-order valence-electron chi connectivity index (χ2n) is 7.21. The van der Waals surface area contributed by atoms with Crippen molar-refractivity contribution in [3.63, 3.8) is 0 Å². The summed E-state index contributed by atoms with van der Waals surface area (Å²) in [6, 6.07) is 6.30. The quantitative estimate of drug-likeness (QED) is 0.751. The first-order valence-corrected chi connectivity index (χ1v) is 9.53. The molecule has 134 valence electrons. The molecule has 1 N–H and O–H groups in total. The molecule has 1 aliphatic rings. The van der Waals surface area contributed by atoms with Crippen LogP contribution in [0.5, 0.6) is 0 Å². The molecule has 3 rings (SSSR count). The smallest absolute Gasteiger partial charge is 0.0312 e. The third kappa shape index (κ3) is 5.91. The molecule has 0 aromatic carbocycles. The summed E-state index contributed by atoms with van der Waals surface area (Å²) in [5.41, 5.74) is 4.06. The molecule has 1 atom stereocenters. The fourth-order valence-electron chi connectivity index (χ4n) is 3.68. The van der Waals surface area contributed by atoms with Gasteiger partial charge in [0, 0.05) is 37.9 Å². The number of hydrogen-bond donors (Lipinski definition) is 1. The van der Waals surface area contributed by atoms with Gasteiger partial charge in [0.25, 0.3) is 0 Å². The van der Waals surface area contributed by atoms with Crippen molar-refractivity contribution in [2.75, 3.05) is 26.2 Å². The van der Waals surface area contributed by atoms with Crippen LogP contribution in [-0.4, -0.2) is 41.0 Å². The molecular weight excluding hydrogens is 308 g/mol. The van der Waals surface area contributed by atoms with Crippen LogP contribution in [0.2, 0.25) is 0 Å². The van der Waals surface area contributed by atoms with Gasteiger partial charge in [0.15, 0.2) is 0 Å². The van der Waals surface area contributed by atoms with Crippen LogP contribution in [0.1, 0.15) is 36.0 Å². The van der Waals surface area contributed by atoms with E-state index in [9.17, 15) is 0 Å². The Morgan fingerprint density at radius 2 is 2.12 bits per heavy atom. The average molecular weight is 338 g/mol. The van der Waals surface area contributed by atoms with E-state index in [-0.39, 0.29) is 0 Å². The maximum Gasteiger partial charge on any atom is 0.0312 e. The molecule has 4 heteroatoms. The lowest BCUT2D eigenvalue weighted by molar-refractivity contribution is 0.165. The highest BCUT2D eigenvalue weighted by Gasteiger charge is 2.19. The normalized spacial score (nSPS) is 18.4. The van der Waals surface area contributed by atoms with E-state index in [0.29, 0.717) is 0 Å². The minimum absolute atomic E-state index is 0.769. The van der Waals surface area contributed by atoms with Crippen molar-refractivity contribution < 1.29 is 0 Å². The summed E-state index contributed by atoms with van der Waals surface area (Å²) in [5.74, 6) is 0.769. The number of hydrogen-bond acceptors (Lipinski definition) is 4. The highest BCUT2D eigenvalue weighted by molar-refractivity contribution is 5.21. The Bertz CT molecular complexity index is 629. The number of piperidine rings is 1. The largest absolute Gasteiger partial charge is 0.316 e. The fourth-order valence-corrected chi connectivity index (χ4v) is 3.68. The number of rotatable bonds is 8. The van der Waals surface area contributed by atoms with E-state index in [1.165, 1.54) is 49.0 Å². The van der Waals surface area contributed by atoms with Crippen molar-refractivity contribution in [2.45, 2.75) is 39.2 Å². The number of pyridine rings is 2. The predicted molar refractivity (Wildman–Crippen MR) is 102 cm³/mol. The van der Waals surface area contributed by atoms with E-state index < -0.39 is 0 Å². The molecule has 25 heavy (non-hydrogen) atoms. The van der Waals surface area contributed by atoms with Crippen molar-refractivity contribution >= 4 is 0 Å². The van der Waals surface area contributed by atoms with Gasteiger partial charge in [-0.15, -0.1) is 0 Å². The van der Waals surface area contributed by atoms with Gasteiger partial charge in [-0.1, -0.05) is 6.07 Å². The van der Waals surface area contributed by atoms with Gasteiger partial charge in [0.1, 0.15) is 0 Å². The van der Waals surface area contributed by atoms with Crippen LogP contribution in [0.3, 0.4) is 0 Å². The van der Waals surface area contributed by atoms with Crippen LogP contribution < -0.4 is 5.32 Å². The molecule has 0 radical (unpaired) electrons. The van der Waals surface area contributed by atoms with Crippen molar-refractivity contribution in [1.29, 1.82) is 0 Å². The van der Waals surface area contributed by atoms with Gasteiger partial charge >= 0.3 is 0 Å². The van der Waals surface area contributed by atoms with Crippen molar-refractivity contribution in [3.05, 3.63) is 59.7 Å². The molecule has 0 amide bonds. The zero-order valence-electron chi connectivity index (χ0n) is 15.3. The Morgan fingerprint density at radius 1 is 1.20 bits per heavy atom. The van der Waals surface area contributed by atoms with Gasteiger partial charge in [0.2, 0.25) is 0 Å². The molecule has 4 nitrogen and oxygen atoms in total. The van der Waals surface area contributed by atoms with Gasteiger partial charge < -0.3 is 5.32 Å². The Morgan fingerprint density at radius 3 is 2.96 bits per heavy atom. The maximum atomic E-state index is 4.23. The monoisotopic (exact) mass is 338 g/mol. The molecule has 1 saturated heterocycles. The van der Waals surface area contributed by atoms with Crippen molar-refractivity contribution in [3.8, 4) is 0 Å². The Balaban J connectivity index is 1.33. The van der Waals surface area contributed by atoms with E-state index >= 15 is 0 Å². The molecule has 3 heterocycles. The zero-order chi connectivity index (χ0) is 17.3. The summed E-state index contributed by atoms with van der Waals surface area (Å²) in [4.78, 5) is 11.0. The Kier molecular flexibility index (Phi) is 6.95. The topological polar surface area (TPSA) is 41.1 Å². The van der Waals surface area contributed by atoms with Crippen LogP contribution in [0, 0.1) is 12.8 Å². The molecule has 1 aliphatic heterocycles. The van der Waals surface area contributed by atoms with Crippen LogP contribution >= 0.6 is 0 Å². The molecule has 0 bridgehead atoms. The zero-order valence-corrected chi connectivity index (χ0v) is 15.3. The predicted octanol–water partition coefficient (Wildman–Crippen LogP) is 3.22. The summed E-state index contributed by atoms with van der Waals surface area (Å²) in [7, 11) is 0. The fraction of sp³-hybridized carbons (Fsp3) is 0.524. The first kappa shape index (κ1) is 18.0. The number of aryl methyl sites for hydroxylation is 2. The minimum Gasteiger partial charge on any atom is -0.316 e. The molecule has 0 spiro atoms. The Labute approximate surface area is 151 Å². The first-order valence-electron chi connectivity index (χ1n) is 9.53. The highest BCUT2D eigenvalue weighted by atomic mass is 15.1. The Hall–Kier alpha value is -1.78. The number of nitrogens with zero attached hydrogens (tertiary/aromatic N) is 3. The summed E-state index contributed by atoms with van der Waals surface area (Å²) in [6.07, 6.45) is 12.7. The van der Waals surface area contributed by atoms with Crippen LogP contribution in [0.4, 0.5) is 0 Å². The van der Waals surface area contributed by atoms with Gasteiger partial charge in [0.05, 0.1) is 0 Å². The van der Waals surface area contributed by atoms with E-state index in [0.717, 1.165) is 32.0 Å². The van der Waals surface area contributed by atoms with E-state index in [2.05, 4.69) is 39.2 Å². The molecule has 1 fully saturated rings. The van der Waals surface area contributed by atoms with E-state index in [4.69, 9.17) is 0 Å². The molecule has 0 aliphatic carbocycles. The molecule has 0 unspecified atom stereocenters. The average Bonchev–Trinajstić information content (AvgIpc) is 2.64. The van der Waals surface area contributed by atoms with Gasteiger partial charge in [-0.25, -0.2) is 0 Å². The maximum absolute atomic E-state index is 4.23. The van der Waals surface area contributed by atoms with Gasteiger partial charge in [-0.2, -0.15) is 0 Å². The van der Waals surface area contributed by atoms with Crippen LogP contribution in [0.25, 0.3) is 0 Å². The molecular formula is C21H30N4. The summed E-state index contributed by atoms with van der Waals surface area (Å²) in [6.45, 7) is 7.84. The lowest BCUT2D eigenvalue weighted by atomic mass is 9.97. The highest BCUT2D eigenvalue weighted by Crippen LogP contribution is 2.18. The third-order valence-electron chi connectivity index (χ3n) is 5.11. The van der Waals surface area contributed by atoms with E-state index in [1.807, 2.05) is 30.9 Å². The number of likely N-dealkylation sites (tertiary alicyclic amines) is 1. The molecule has 2 aromatic rings. The number of nitrogens with one attached hydrogen (secondary N) is 1. The molecule has 0 saturated carbocycles. The minimum atomic E-state index is 0.769. The van der Waals surface area contributed by atoms with Crippen molar-refractivity contribution in [2.24, 2.45) is 5.92 Å². The summed E-state index contributed by atoms with van der Waals surface area (Å²) in [5, 5.41) is 3.67. The van der Waals surface area contributed by atoms with E-state index in [1.54, 1.807) is 0 Å². The van der Waals surface area contributed by atoms with Crippen LogP contribution in [-0.2, 0) is 13.0 Å². The second-order valence-corrected chi connectivity index (χ2v) is 7.21. The van der Waals surface area contributed by atoms with Crippen LogP contribution in [0.15, 0.2) is 43.0 Å². The van der Waals surface area contributed by atoms with Crippen molar-refractivity contribution in [1.82, 2.24) is 20.2 Å². The second kappa shape index (κ2) is 9.64. The summed E-state index contributed by atoms with van der Waals surface area (Å²) >= 11 is 0. The lowest BCUT2D eigenvalue weighted by Crippen LogP contribution is -2.39. The lowest BCUT2D eigenvalue weighted by Gasteiger charge is -2.32. The van der Waals surface area contributed by atoms with Gasteiger partial charge in [-0.3, -0.25) is 14.9 Å². The standard InChI is InChI=1S/C21H30N4/c1-18-8-11-24-15-21(18)7-3-10-23-14-20-6-4-12-25(17-20)16-19-5-2-9-22-13-19/h2,5,8-9,11,13,15,20,23H,3-4,6-7,10,12,14,16-17H2,1H3/t20-/m1/s1. The SMILES string of the molecule is Cc1ccncc1CCCNC[C@H]1CCCN(Cc2cccnc2)C1. The first-order chi connectivity index (χ1) is 12.3. The molecule has 2 aromatic heterocycles. The third-order valence-corrected chi connectivity index (χ3v) is 5.11. The number of aromatic nitrogens is 2. The summed E-state index contributed by atoms with van der Waals surface area (Å²) < 4.78 is 0.